The van der Waals surface area contributed by atoms with Gasteiger partial charge in [-0.25, -0.2) is 5.10 Å². The van der Waals surface area contributed by atoms with Crippen molar-refractivity contribution in [1.29, 1.82) is 0 Å². The molecule has 1 aromatic heterocycles. The minimum atomic E-state index is -0.283. The summed E-state index contributed by atoms with van der Waals surface area (Å²) in [7, 11) is 0. The van der Waals surface area contributed by atoms with E-state index in [1.807, 2.05) is 0 Å². The number of aromatic amines is 1. The number of hydrogen-bond donors (Lipinski definition) is 2. The molecule has 5 nitrogen and oxygen atoms in total. The summed E-state index contributed by atoms with van der Waals surface area (Å²) < 4.78 is 0. The van der Waals surface area contributed by atoms with E-state index in [1.54, 1.807) is 24.3 Å². The Hall–Kier alpha value is -2.17. The first-order valence-corrected chi connectivity index (χ1v) is 6.39. The molecule has 1 heterocycles. The zero-order valence-corrected chi connectivity index (χ0v) is 11.1. The van der Waals surface area contributed by atoms with Gasteiger partial charge in [-0.1, -0.05) is 38.5 Å². The van der Waals surface area contributed by atoms with Gasteiger partial charge < -0.3 is 5.32 Å². The summed E-state index contributed by atoms with van der Waals surface area (Å²) in [6.45, 7) is 4.74. The zero-order valence-electron chi connectivity index (χ0n) is 11.1. The average Bonchev–Trinajstić information content (AvgIpc) is 2.45. The van der Waals surface area contributed by atoms with Gasteiger partial charge >= 0.3 is 0 Å². The molecule has 1 aromatic carbocycles. The van der Waals surface area contributed by atoms with E-state index < -0.39 is 0 Å². The van der Waals surface area contributed by atoms with Crippen molar-refractivity contribution in [3.05, 3.63) is 40.3 Å². The van der Waals surface area contributed by atoms with Gasteiger partial charge in [0.1, 0.15) is 0 Å². The monoisotopic (exact) mass is 259 g/mol. The quantitative estimate of drug-likeness (QED) is 0.877. The Labute approximate surface area is 111 Å². The third-order valence-corrected chi connectivity index (χ3v) is 3.22. The third kappa shape index (κ3) is 2.81. The van der Waals surface area contributed by atoms with Gasteiger partial charge in [0.25, 0.3) is 11.5 Å². The molecule has 2 aromatic rings. The Bertz CT molecular complexity index is 648. The van der Waals surface area contributed by atoms with E-state index in [2.05, 4.69) is 29.4 Å². The van der Waals surface area contributed by atoms with Crippen molar-refractivity contribution in [3.8, 4) is 0 Å². The van der Waals surface area contributed by atoms with Gasteiger partial charge in [0, 0.05) is 11.9 Å². The molecule has 0 aliphatic carbocycles. The van der Waals surface area contributed by atoms with Gasteiger partial charge in [-0.3, -0.25) is 9.59 Å². The first-order valence-electron chi connectivity index (χ1n) is 6.39. The molecule has 0 saturated carbocycles. The van der Waals surface area contributed by atoms with E-state index in [0.717, 1.165) is 6.42 Å². The second-order valence-electron chi connectivity index (χ2n) is 4.67. The highest BCUT2D eigenvalue weighted by Crippen LogP contribution is 2.12. The van der Waals surface area contributed by atoms with Crippen molar-refractivity contribution < 1.29 is 4.79 Å². The van der Waals surface area contributed by atoms with Crippen LogP contribution in [0.15, 0.2) is 29.1 Å². The summed E-state index contributed by atoms with van der Waals surface area (Å²) >= 11 is 0. The summed E-state index contributed by atoms with van der Waals surface area (Å²) in [5, 5.41) is 10.1. The maximum absolute atomic E-state index is 12.1. The SMILES string of the molecule is CCC(C)CNC(=O)c1n[nH]c(=O)c2ccccc12. The number of aromatic nitrogens is 2. The lowest BCUT2D eigenvalue weighted by Crippen LogP contribution is -2.30. The number of rotatable bonds is 4. The van der Waals surface area contributed by atoms with Crippen LogP contribution in [-0.4, -0.2) is 22.6 Å². The molecule has 2 rings (SSSR count). The molecule has 0 aliphatic heterocycles. The highest BCUT2D eigenvalue weighted by Gasteiger charge is 2.13. The standard InChI is InChI=1S/C14H17N3O2/c1-3-9(2)8-15-14(19)12-10-6-4-5-7-11(10)13(18)17-16-12/h4-7,9H,3,8H2,1-2H3,(H,15,19)(H,17,18). The summed E-state index contributed by atoms with van der Waals surface area (Å²) in [6.07, 6.45) is 1.00. The van der Waals surface area contributed by atoms with Crippen LogP contribution in [0, 0.1) is 5.92 Å². The number of fused-ring (bicyclic) bond motifs is 1. The molecule has 0 fully saturated rings. The van der Waals surface area contributed by atoms with E-state index >= 15 is 0 Å². The fraction of sp³-hybridized carbons (Fsp3) is 0.357. The van der Waals surface area contributed by atoms with Crippen LogP contribution in [0.25, 0.3) is 10.8 Å². The number of carbonyl (C=O) groups is 1. The number of nitrogens with zero attached hydrogens (tertiary/aromatic N) is 1. The van der Waals surface area contributed by atoms with Crippen LogP contribution in [0.2, 0.25) is 0 Å². The fourth-order valence-corrected chi connectivity index (χ4v) is 1.78. The smallest absolute Gasteiger partial charge is 0.272 e. The summed E-state index contributed by atoms with van der Waals surface area (Å²) in [5.74, 6) is 0.158. The molecule has 19 heavy (non-hydrogen) atoms. The van der Waals surface area contributed by atoms with Crippen LogP contribution >= 0.6 is 0 Å². The molecular formula is C14H17N3O2. The van der Waals surface area contributed by atoms with Crippen molar-refractivity contribution >= 4 is 16.7 Å². The van der Waals surface area contributed by atoms with E-state index in [4.69, 9.17) is 0 Å². The Balaban J connectivity index is 2.33. The third-order valence-electron chi connectivity index (χ3n) is 3.22. The van der Waals surface area contributed by atoms with Crippen LogP contribution in [0.4, 0.5) is 0 Å². The minimum absolute atomic E-state index is 0.257. The zero-order chi connectivity index (χ0) is 13.8. The highest BCUT2D eigenvalue weighted by atomic mass is 16.2. The maximum Gasteiger partial charge on any atom is 0.272 e. The lowest BCUT2D eigenvalue weighted by Gasteiger charge is -2.10. The van der Waals surface area contributed by atoms with Gasteiger partial charge in [-0.05, 0) is 12.0 Å². The second kappa shape index (κ2) is 5.65. The second-order valence-corrected chi connectivity index (χ2v) is 4.67. The number of H-pyrrole nitrogens is 1. The molecule has 100 valence electrons. The molecule has 0 bridgehead atoms. The number of amides is 1. The number of carbonyl (C=O) groups excluding carboxylic acids is 1. The lowest BCUT2D eigenvalue weighted by atomic mass is 10.1. The van der Waals surface area contributed by atoms with E-state index in [1.165, 1.54) is 0 Å². The molecule has 1 amide bonds. The largest absolute Gasteiger partial charge is 0.350 e. The predicted molar refractivity (Wildman–Crippen MR) is 74.2 cm³/mol. The minimum Gasteiger partial charge on any atom is -0.350 e. The Morgan fingerprint density at radius 3 is 2.74 bits per heavy atom. The number of nitrogens with one attached hydrogen (secondary N) is 2. The highest BCUT2D eigenvalue weighted by molar-refractivity contribution is 6.04. The van der Waals surface area contributed by atoms with Crippen molar-refractivity contribution in [1.82, 2.24) is 15.5 Å². The van der Waals surface area contributed by atoms with Crippen LogP contribution in [0.5, 0.6) is 0 Å². The van der Waals surface area contributed by atoms with Crippen molar-refractivity contribution in [2.75, 3.05) is 6.54 Å². The molecular weight excluding hydrogens is 242 g/mol. The summed E-state index contributed by atoms with van der Waals surface area (Å²) in [5.41, 5.74) is -0.0208. The summed E-state index contributed by atoms with van der Waals surface area (Å²) in [4.78, 5) is 23.7. The van der Waals surface area contributed by atoms with Crippen LogP contribution < -0.4 is 10.9 Å². The fourth-order valence-electron chi connectivity index (χ4n) is 1.78. The average molecular weight is 259 g/mol. The van der Waals surface area contributed by atoms with E-state index in [-0.39, 0.29) is 17.2 Å². The van der Waals surface area contributed by atoms with Crippen LogP contribution in [0.3, 0.4) is 0 Å². The Morgan fingerprint density at radius 2 is 2.05 bits per heavy atom. The number of benzene rings is 1. The van der Waals surface area contributed by atoms with Gasteiger partial charge in [0.2, 0.25) is 0 Å². The number of hydrogen-bond acceptors (Lipinski definition) is 3. The first-order chi connectivity index (χ1) is 9.13. The van der Waals surface area contributed by atoms with Gasteiger partial charge in [-0.2, -0.15) is 5.10 Å². The Kier molecular flexibility index (Phi) is 3.94. The van der Waals surface area contributed by atoms with Gasteiger partial charge in [0.05, 0.1) is 5.39 Å². The first kappa shape index (κ1) is 13.3. The Morgan fingerprint density at radius 1 is 1.37 bits per heavy atom. The molecule has 5 heteroatoms. The molecule has 1 unspecified atom stereocenters. The molecule has 1 atom stereocenters. The molecule has 0 radical (unpaired) electrons. The van der Waals surface area contributed by atoms with Gasteiger partial charge in [0.15, 0.2) is 5.69 Å². The molecule has 0 aliphatic rings. The molecule has 0 saturated heterocycles. The van der Waals surface area contributed by atoms with Gasteiger partial charge in [-0.15, -0.1) is 0 Å². The normalized spacial score (nSPS) is 12.3. The van der Waals surface area contributed by atoms with Crippen molar-refractivity contribution in [3.63, 3.8) is 0 Å². The predicted octanol–water partition coefficient (Wildman–Crippen LogP) is 1.70. The van der Waals surface area contributed by atoms with Crippen molar-refractivity contribution in [2.45, 2.75) is 20.3 Å². The topological polar surface area (TPSA) is 74.8 Å². The maximum atomic E-state index is 12.1. The molecule has 0 spiro atoms. The van der Waals surface area contributed by atoms with Crippen LogP contribution in [-0.2, 0) is 0 Å². The van der Waals surface area contributed by atoms with E-state index in [9.17, 15) is 9.59 Å². The molecule has 2 N–H and O–H groups in total. The summed E-state index contributed by atoms with van der Waals surface area (Å²) in [6, 6.07) is 6.96. The van der Waals surface area contributed by atoms with E-state index in [0.29, 0.717) is 23.2 Å². The lowest BCUT2D eigenvalue weighted by molar-refractivity contribution is 0.0943. The van der Waals surface area contributed by atoms with Crippen molar-refractivity contribution in [2.24, 2.45) is 5.92 Å². The van der Waals surface area contributed by atoms with Crippen LogP contribution in [0.1, 0.15) is 30.8 Å².